The molecule has 1 aromatic rings. The van der Waals surface area contributed by atoms with Crippen molar-refractivity contribution in [1.29, 1.82) is 0 Å². The first-order valence-electron chi connectivity index (χ1n) is 5.52. The van der Waals surface area contributed by atoms with Gasteiger partial charge in [0, 0.05) is 24.1 Å². The molecule has 1 saturated heterocycles. The fraction of sp³-hybridized carbons (Fsp3) is 0.417. The highest BCUT2D eigenvalue weighted by Gasteiger charge is 2.25. The number of halogens is 2. The third-order valence-electron chi connectivity index (χ3n) is 3.06. The lowest BCUT2D eigenvalue weighted by molar-refractivity contribution is 0.0739. The van der Waals surface area contributed by atoms with Crippen molar-refractivity contribution in [2.75, 3.05) is 20.1 Å². The Morgan fingerprint density at radius 2 is 2.35 bits per heavy atom. The van der Waals surface area contributed by atoms with Gasteiger partial charge in [0.15, 0.2) is 0 Å². The van der Waals surface area contributed by atoms with Crippen LogP contribution >= 0.6 is 15.9 Å². The van der Waals surface area contributed by atoms with Crippen molar-refractivity contribution in [2.45, 2.75) is 12.5 Å². The van der Waals surface area contributed by atoms with Gasteiger partial charge in [0.2, 0.25) is 0 Å². The van der Waals surface area contributed by atoms with E-state index in [2.05, 4.69) is 21.2 Å². The summed E-state index contributed by atoms with van der Waals surface area (Å²) in [6.45, 7) is 1.69. The number of carbonyl (C=O) groups is 1. The van der Waals surface area contributed by atoms with Crippen LogP contribution < -0.4 is 5.32 Å². The maximum Gasteiger partial charge on any atom is 0.256 e. The minimum absolute atomic E-state index is 0.127. The summed E-state index contributed by atoms with van der Waals surface area (Å²) in [5.41, 5.74) is 0.127. The topological polar surface area (TPSA) is 32.3 Å². The Bertz CT molecular complexity index is 433. The number of likely N-dealkylation sites (N-methyl/N-ethyl adjacent to an activating group) is 1. The van der Waals surface area contributed by atoms with Crippen LogP contribution in [0, 0.1) is 5.82 Å². The van der Waals surface area contributed by atoms with E-state index >= 15 is 0 Å². The van der Waals surface area contributed by atoms with E-state index in [1.807, 2.05) is 0 Å². The van der Waals surface area contributed by atoms with Crippen molar-refractivity contribution >= 4 is 21.8 Å². The monoisotopic (exact) mass is 300 g/mol. The summed E-state index contributed by atoms with van der Waals surface area (Å²) in [6, 6.07) is 4.66. The zero-order valence-corrected chi connectivity index (χ0v) is 11.1. The Kier molecular flexibility index (Phi) is 3.79. The number of amides is 1. The largest absolute Gasteiger partial charge is 0.337 e. The second-order valence-electron chi connectivity index (χ2n) is 4.19. The third-order valence-corrected chi connectivity index (χ3v) is 3.56. The molecule has 1 fully saturated rings. The fourth-order valence-corrected chi connectivity index (χ4v) is 2.32. The molecular weight excluding hydrogens is 287 g/mol. The Balaban J connectivity index is 2.18. The number of carbonyl (C=O) groups excluding carboxylic acids is 1. The van der Waals surface area contributed by atoms with Crippen LogP contribution in [0.2, 0.25) is 0 Å². The number of nitrogens with zero attached hydrogens (tertiary/aromatic N) is 1. The van der Waals surface area contributed by atoms with E-state index in [-0.39, 0.29) is 17.5 Å². The predicted octanol–water partition coefficient (Wildman–Crippen LogP) is 2.02. The molecule has 0 bridgehead atoms. The molecule has 0 aliphatic carbocycles. The summed E-state index contributed by atoms with van der Waals surface area (Å²) in [7, 11) is 1.72. The molecule has 17 heavy (non-hydrogen) atoms. The number of rotatable bonds is 2. The lowest BCUT2D eigenvalue weighted by Gasteiger charge is -2.24. The van der Waals surface area contributed by atoms with E-state index in [1.165, 1.54) is 12.1 Å². The average Bonchev–Trinajstić information content (AvgIpc) is 2.80. The Hall–Kier alpha value is -0.940. The zero-order valence-electron chi connectivity index (χ0n) is 9.54. The van der Waals surface area contributed by atoms with Gasteiger partial charge in [-0.2, -0.15) is 0 Å². The van der Waals surface area contributed by atoms with Gasteiger partial charge >= 0.3 is 0 Å². The van der Waals surface area contributed by atoms with E-state index in [9.17, 15) is 9.18 Å². The number of hydrogen-bond donors (Lipinski definition) is 1. The third kappa shape index (κ3) is 2.66. The lowest BCUT2D eigenvalue weighted by Crippen LogP contribution is -2.38. The molecule has 1 aromatic carbocycles. The van der Waals surface area contributed by atoms with E-state index in [4.69, 9.17) is 0 Å². The van der Waals surface area contributed by atoms with E-state index < -0.39 is 5.82 Å². The number of nitrogens with one attached hydrogen (secondary N) is 1. The van der Waals surface area contributed by atoms with Crippen LogP contribution in [-0.4, -0.2) is 37.0 Å². The van der Waals surface area contributed by atoms with Crippen molar-refractivity contribution in [1.82, 2.24) is 10.2 Å². The fourth-order valence-electron chi connectivity index (χ4n) is 1.99. The van der Waals surface area contributed by atoms with Gasteiger partial charge in [-0.05, 0) is 31.2 Å². The molecule has 3 nitrogen and oxygen atoms in total. The van der Waals surface area contributed by atoms with Crippen LogP contribution in [0.1, 0.15) is 16.8 Å². The van der Waals surface area contributed by atoms with Crippen molar-refractivity contribution < 1.29 is 9.18 Å². The average molecular weight is 301 g/mol. The highest BCUT2D eigenvalue weighted by Crippen LogP contribution is 2.18. The molecule has 0 aromatic heterocycles. The van der Waals surface area contributed by atoms with Crippen molar-refractivity contribution in [3.05, 3.63) is 34.1 Å². The molecule has 1 aliphatic heterocycles. The van der Waals surface area contributed by atoms with Crippen LogP contribution in [-0.2, 0) is 0 Å². The van der Waals surface area contributed by atoms with Crippen molar-refractivity contribution in [2.24, 2.45) is 0 Å². The lowest BCUT2D eigenvalue weighted by atomic mass is 10.1. The first kappa shape index (κ1) is 12.5. The quantitative estimate of drug-likeness (QED) is 0.906. The molecule has 5 heteroatoms. The molecule has 0 saturated carbocycles. The Morgan fingerprint density at radius 3 is 2.94 bits per heavy atom. The van der Waals surface area contributed by atoms with E-state index in [1.54, 1.807) is 18.0 Å². The molecule has 1 atom stereocenters. The molecular formula is C12H14BrFN2O. The van der Waals surface area contributed by atoms with Gasteiger partial charge in [-0.15, -0.1) is 0 Å². The molecule has 0 radical (unpaired) electrons. The maximum atomic E-state index is 13.7. The van der Waals surface area contributed by atoms with Crippen LogP contribution in [0.5, 0.6) is 0 Å². The van der Waals surface area contributed by atoms with E-state index in [0.29, 0.717) is 4.47 Å². The van der Waals surface area contributed by atoms with Crippen LogP contribution in [0.3, 0.4) is 0 Å². The smallest absolute Gasteiger partial charge is 0.256 e. The minimum atomic E-state index is -0.484. The summed E-state index contributed by atoms with van der Waals surface area (Å²) in [4.78, 5) is 13.7. The van der Waals surface area contributed by atoms with Crippen LogP contribution in [0.4, 0.5) is 4.39 Å². The first-order valence-corrected chi connectivity index (χ1v) is 6.32. The SMILES string of the molecule is CN(C(=O)c1ccc(Br)cc1F)[C@@H]1CCNC1. The molecule has 0 spiro atoms. The maximum absolute atomic E-state index is 13.7. The zero-order chi connectivity index (χ0) is 12.4. The highest BCUT2D eigenvalue weighted by molar-refractivity contribution is 9.10. The summed E-state index contributed by atoms with van der Waals surface area (Å²) < 4.78 is 14.3. The standard InChI is InChI=1S/C12H14BrFN2O/c1-16(9-4-5-15-7-9)12(17)10-3-2-8(13)6-11(10)14/h2-3,6,9,15H,4-5,7H2,1H3/t9-/m1/s1. The Labute approximate surface area is 108 Å². The number of hydrogen-bond acceptors (Lipinski definition) is 2. The van der Waals surface area contributed by atoms with Gasteiger partial charge in [0.1, 0.15) is 5.82 Å². The van der Waals surface area contributed by atoms with Gasteiger partial charge in [-0.25, -0.2) is 4.39 Å². The van der Waals surface area contributed by atoms with Crippen molar-refractivity contribution in [3.8, 4) is 0 Å². The van der Waals surface area contributed by atoms with Gasteiger partial charge < -0.3 is 10.2 Å². The Morgan fingerprint density at radius 1 is 1.59 bits per heavy atom. The minimum Gasteiger partial charge on any atom is -0.337 e. The molecule has 1 aliphatic rings. The molecule has 1 amide bonds. The summed E-state index contributed by atoms with van der Waals surface area (Å²) >= 11 is 3.17. The number of benzene rings is 1. The summed E-state index contributed by atoms with van der Waals surface area (Å²) in [6.07, 6.45) is 0.917. The predicted molar refractivity (Wildman–Crippen MR) is 67.5 cm³/mol. The van der Waals surface area contributed by atoms with Gasteiger partial charge in [0.05, 0.1) is 5.56 Å². The van der Waals surface area contributed by atoms with E-state index in [0.717, 1.165) is 19.5 Å². The molecule has 2 rings (SSSR count). The van der Waals surface area contributed by atoms with Crippen molar-refractivity contribution in [3.63, 3.8) is 0 Å². The first-order chi connectivity index (χ1) is 8.09. The summed E-state index contributed by atoms with van der Waals surface area (Å²) in [5, 5.41) is 3.19. The van der Waals surface area contributed by atoms with Crippen LogP contribution in [0.25, 0.3) is 0 Å². The molecule has 1 N–H and O–H groups in total. The molecule has 1 heterocycles. The second kappa shape index (κ2) is 5.14. The normalized spacial score (nSPS) is 19.4. The highest BCUT2D eigenvalue weighted by atomic mass is 79.9. The second-order valence-corrected chi connectivity index (χ2v) is 5.10. The molecule has 92 valence electrons. The van der Waals surface area contributed by atoms with Gasteiger partial charge in [-0.1, -0.05) is 15.9 Å². The van der Waals surface area contributed by atoms with Crippen LogP contribution in [0.15, 0.2) is 22.7 Å². The molecule has 0 unspecified atom stereocenters. The van der Waals surface area contributed by atoms with Gasteiger partial charge in [-0.3, -0.25) is 4.79 Å². The van der Waals surface area contributed by atoms with Gasteiger partial charge in [0.25, 0.3) is 5.91 Å². The summed E-state index contributed by atoms with van der Waals surface area (Å²) in [5.74, 6) is -0.745.